The second-order valence-electron chi connectivity index (χ2n) is 6.30. The van der Waals surface area contributed by atoms with Crippen molar-refractivity contribution < 1.29 is 14.3 Å². The van der Waals surface area contributed by atoms with Gasteiger partial charge in [-0.3, -0.25) is 0 Å². The number of nitrogens with one attached hydrogen (secondary N) is 1. The lowest BCUT2D eigenvalue weighted by atomic mass is 9.97. The summed E-state index contributed by atoms with van der Waals surface area (Å²) < 4.78 is 11.0. The van der Waals surface area contributed by atoms with Crippen molar-refractivity contribution in [1.82, 2.24) is 4.90 Å². The van der Waals surface area contributed by atoms with E-state index in [1.165, 1.54) is 0 Å². The van der Waals surface area contributed by atoms with E-state index in [4.69, 9.17) is 9.47 Å². The molecule has 1 unspecified atom stereocenters. The van der Waals surface area contributed by atoms with E-state index in [0.29, 0.717) is 6.54 Å². The first kappa shape index (κ1) is 17.6. The number of ether oxygens (including phenoxy) is 2. The van der Waals surface area contributed by atoms with Gasteiger partial charge in [-0.05, 0) is 44.2 Å². The van der Waals surface area contributed by atoms with Gasteiger partial charge >= 0.3 is 6.03 Å². The van der Waals surface area contributed by atoms with Crippen molar-refractivity contribution in [3.8, 4) is 5.75 Å². The third-order valence-corrected chi connectivity index (χ3v) is 4.74. The normalized spacial score (nSPS) is 21.7. The molecule has 1 aromatic rings. The molecule has 1 saturated heterocycles. The van der Waals surface area contributed by atoms with Crippen LogP contribution in [-0.4, -0.2) is 43.8 Å². The molecule has 128 valence electrons. The molecule has 5 heteroatoms. The van der Waals surface area contributed by atoms with E-state index in [1.807, 2.05) is 23.1 Å². The lowest BCUT2D eigenvalue weighted by Crippen LogP contribution is -2.37. The molecule has 0 saturated carbocycles. The number of methoxy groups -OCH3 is 2. The summed E-state index contributed by atoms with van der Waals surface area (Å²) in [6.07, 6.45) is 3.69. The first-order chi connectivity index (χ1) is 11.0. The lowest BCUT2D eigenvalue weighted by Gasteiger charge is -2.26. The molecule has 0 aliphatic carbocycles. The highest BCUT2D eigenvalue weighted by Crippen LogP contribution is 2.26. The van der Waals surface area contributed by atoms with Crippen LogP contribution >= 0.6 is 0 Å². The van der Waals surface area contributed by atoms with Crippen LogP contribution in [0.5, 0.6) is 5.75 Å². The summed E-state index contributed by atoms with van der Waals surface area (Å²) in [5.41, 5.74) is 1.78. The maximum absolute atomic E-state index is 12.5. The van der Waals surface area contributed by atoms with Crippen molar-refractivity contribution in [2.24, 2.45) is 0 Å². The third-order valence-electron chi connectivity index (χ3n) is 4.74. The molecule has 0 radical (unpaired) electrons. The van der Waals surface area contributed by atoms with Gasteiger partial charge in [0.15, 0.2) is 0 Å². The highest BCUT2D eigenvalue weighted by Gasteiger charge is 2.29. The van der Waals surface area contributed by atoms with Gasteiger partial charge in [0, 0.05) is 32.0 Å². The minimum absolute atomic E-state index is 0.0587. The summed E-state index contributed by atoms with van der Waals surface area (Å²) >= 11 is 0. The number of aryl methyl sites for hydroxylation is 1. The maximum atomic E-state index is 12.5. The largest absolute Gasteiger partial charge is 0.496 e. The van der Waals surface area contributed by atoms with E-state index >= 15 is 0 Å². The van der Waals surface area contributed by atoms with Crippen LogP contribution in [0.4, 0.5) is 10.5 Å². The molecule has 1 N–H and O–H groups in total. The topological polar surface area (TPSA) is 50.8 Å². The molecule has 0 bridgehead atoms. The fourth-order valence-electron chi connectivity index (χ4n) is 2.98. The van der Waals surface area contributed by atoms with E-state index in [-0.39, 0.29) is 11.6 Å². The smallest absolute Gasteiger partial charge is 0.321 e. The quantitative estimate of drug-likeness (QED) is 0.920. The zero-order chi connectivity index (χ0) is 16.9. The summed E-state index contributed by atoms with van der Waals surface area (Å²) in [5, 5.41) is 2.98. The Hall–Kier alpha value is -1.75. The van der Waals surface area contributed by atoms with E-state index in [9.17, 15) is 4.79 Å². The lowest BCUT2D eigenvalue weighted by molar-refractivity contribution is -0.00491. The van der Waals surface area contributed by atoms with Crippen LogP contribution in [0.25, 0.3) is 0 Å². The van der Waals surface area contributed by atoms with Crippen LogP contribution in [0.1, 0.15) is 38.7 Å². The predicted octanol–water partition coefficient (Wildman–Crippen LogP) is 3.68. The van der Waals surface area contributed by atoms with Crippen LogP contribution < -0.4 is 10.1 Å². The molecule has 2 rings (SSSR count). The number of likely N-dealkylation sites (tertiary alicyclic amines) is 1. The van der Waals surface area contributed by atoms with Gasteiger partial charge in [0.2, 0.25) is 0 Å². The number of benzene rings is 1. The number of carbonyl (C=O) groups is 1. The van der Waals surface area contributed by atoms with E-state index in [2.05, 4.69) is 19.2 Å². The minimum atomic E-state index is -0.124. The van der Waals surface area contributed by atoms with Gasteiger partial charge in [0.1, 0.15) is 5.75 Å². The summed E-state index contributed by atoms with van der Waals surface area (Å²) in [6, 6.07) is 5.75. The standard InChI is InChI=1S/C18H28N2O3/c1-5-14-7-8-15(13-16(14)22-3)19-17(21)20-11-6-9-18(2,23-4)10-12-20/h7-8,13H,5-6,9-12H2,1-4H3,(H,19,21). The monoisotopic (exact) mass is 320 g/mol. The third kappa shape index (κ3) is 4.38. The molecule has 23 heavy (non-hydrogen) atoms. The number of hydrogen-bond acceptors (Lipinski definition) is 3. The summed E-state index contributed by atoms with van der Waals surface area (Å²) in [4.78, 5) is 14.4. The number of urea groups is 1. The van der Waals surface area contributed by atoms with Crippen molar-refractivity contribution >= 4 is 11.7 Å². The Morgan fingerprint density at radius 3 is 2.74 bits per heavy atom. The van der Waals surface area contributed by atoms with Crippen molar-refractivity contribution in [2.45, 2.75) is 45.1 Å². The number of rotatable bonds is 4. The van der Waals surface area contributed by atoms with Crippen LogP contribution in [0, 0.1) is 0 Å². The Labute approximate surface area is 139 Å². The minimum Gasteiger partial charge on any atom is -0.496 e. The van der Waals surface area contributed by atoms with Crippen molar-refractivity contribution in [1.29, 1.82) is 0 Å². The van der Waals surface area contributed by atoms with Gasteiger partial charge in [-0.2, -0.15) is 0 Å². The fourth-order valence-corrected chi connectivity index (χ4v) is 2.98. The average Bonchev–Trinajstić information content (AvgIpc) is 2.77. The summed E-state index contributed by atoms with van der Waals surface area (Å²) in [7, 11) is 3.40. The van der Waals surface area contributed by atoms with Crippen LogP contribution in [0.15, 0.2) is 18.2 Å². The molecule has 5 nitrogen and oxygen atoms in total. The molecule has 0 spiro atoms. The molecule has 2 amide bonds. The number of amides is 2. The summed E-state index contributed by atoms with van der Waals surface area (Å²) in [5.74, 6) is 0.813. The zero-order valence-electron chi connectivity index (χ0n) is 14.6. The second kappa shape index (κ2) is 7.68. The molecular formula is C18H28N2O3. The van der Waals surface area contributed by atoms with Crippen molar-refractivity contribution in [2.75, 3.05) is 32.6 Å². The van der Waals surface area contributed by atoms with Gasteiger partial charge in [-0.25, -0.2) is 4.79 Å². The Balaban J connectivity index is 2.01. The van der Waals surface area contributed by atoms with Crippen LogP contribution in [0.2, 0.25) is 0 Å². The molecule has 1 atom stereocenters. The van der Waals surface area contributed by atoms with Gasteiger partial charge in [-0.15, -0.1) is 0 Å². The highest BCUT2D eigenvalue weighted by atomic mass is 16.5. The number of nitrogens with zero attached hydrogens (tertiary/aromatic N) is 1. The average molecular weight is 320 g/mol. The molecule has 1 aliphatic rings. The summed E-state index contributed by atoms with van der Waals surface area (Å²) in [6.45, 7) is 5.66. The van der Waals surface area contributed by atoms with E-state index in [1.54, 1.807) is 14.2 Å². The molecule has 1 aliphatic heterocycles. The van der Waals surface area contributed by atoms with E-state index in [0.717, 1.165) is 49.2 Å². The Morgan fingerprint density at radius 1 is 1.30 bits per heavy atom. The van der Waals surface area contributed by atoms with E-state index < -0.39 is 0 Å². The molecule has 1 fully saturated rings. The van der Waals surface area contributed by atoms with Gasteiger partial charge < -0.3 is 19.7 Å². The SMILES string of the molecule is CCc1ccc(NC(=O)N2CCCC(C)(OC)CC2)cc1OC. The molecule has 0 aromatic heterocycles. The molecule has 1 heterocycles. The van der Waals surface area contributed by atoms with Gasteiger partial charge in [-0.1, -0.05) is 13.0 Å². The van der Waals surface area contributed by atoms with Gasteiger partial charge in [0.05, 0.1) is 12.7 Å². The number of anilines is 1. The number of hydrogen-bond donors (Lipinski definition) is 1. The Morgan fingerprint density at radius 2 is 2.09 bits per heavy atom. The van der Waals surface area contributed by atoms with Crippen LogP contribution in [-0.2, 0) is 11.2 Å². The Bertz CT molecular complexity index is 547. The van der Waals surface area contributed by atoms with Crippen LogP contribution in [0.3, 0.4) is 0 Å². The van der Waals surface area contributed by atoms with Crippen molar-refractivity contribution in [3.63, 3.8) is 0 Å². The second-order valence-corrected chi connectivity index (χ2v) is 6.30. The first-order valence-electron chi connectivity index (χ1n) is 8.29. The molecular weight excluding hydrogens is 292 g/mol. The predicted molar refractivity (Wildman–Crippen MR) is 92.2 cm³/mol. The fraction of sp³-hybridized carbons (Fsp3) is 0.611. The highest BCUT2D eigenvalue weighted by molar-refractivity contribution is 5.89. The maximum Gasteiger partial charge on any atom is 0.321 e. The van der Waals surface area contributed by atoms with Gasteiger partial charge in [0.25, 0.3) is 0 Å². The zero-order valence-corrected chi connectivity index (χ0v) is 14.6. The number of carbonyl (C=O) groups excluding carboxylic acids is 1. The van der Waals surface area contributed by atoms with Crippen molar-refractivity contribution in [3.05, 3.63) is 23.8 Å². The first-order valence-corrected chi connectivity index (χ1v) is 8.29. The molecule has 1 aromatic carbocycles. The Kier molecular flexibility index (Phi) is 5.88.